The van der Waals surface area contributed by atoms with E-state index in [1.54, 1.807) is 13.0 Å². The maximum absolute atomic E-state index is 5.42. The molecule has 2 heteroatoms. The number of hydrogen-bond acceptors (Lipinski definition) is 1. The average molecular weight is 164 g/mol. The van der Waals surface area contributed by atoms with Gasteiger partial charge in [0.2, 0.25) is 0 Å². The fourth-order valence-electron chi connectivity index (χ4n) is 0.607. The molecule has 2 nitrogen and oxygen atoms in total. The molecule has 66 valence electrons. The van der Waals surface area contributed by atoms with Crippen LogP contribution in [-0.2, 0) is 0 Å². The number of hydrogen-bond donors (Lipinski definition) is 1. The van der Waals surface area contributed by atoms with Crippen molar-refractivity contribution >= 4 is 5.84 Å². The van der Waals surface area contributed by atoms with Gasteiger partial charge in [0.05, 0.1) is 11.5 Å². The van der Waals surface area contributed by atoms with E-state index in [2.05, 4.69) is 11.6 Å². The monoisotopic (exact) mass is 164 g/mol. The number of rotatable bonds is 3. The average Bonchev–Trinajstić information content (AvgIpc) is 1.97. The number of aliphatic imine (C=N–C) groups is 1. The molecule has 0 atom stereocenters. The zero-order valence-corrected chi connectivity index (χ0v) is 7.96. The van der Waals surface area contributed by atoms with Gasteiger partial charge in [-0.05, 0) is 32.9 Å². The van der Waals surface area contributed by atoms with Crippen LogP contribution in [0.4, 0.5) is 0 Å². The molecule has 0 heterocycles. The van der Waals surface area contributed by atoms with E-state index in [-0.39, 0.29) is 0 Å². The number of nitrogens with two attached hydrogens (primary N) is 1. The molecule has 12 heavy (non-hydrogen) atoms. The maximum atomic E-state index is 5.42. The molecule has 0 radical (unpaired) electrons. The maximum Gasteiger partial charge on any atom is 0.0964 e. The molecule has 0 bridgehead atoms. The first-order valence-electron chi connectivity index (χ1n) is 3.84. The fourth-order valence-corrected chi connectivity index (χ4v) is 0.607. The van der Waals surface area contributed by atoms with Crippen LogP contribution >= 0.6 is 0 Å². The first-order valence-corrected chi connectivity index (χ1v) is 3.84. The predicted octanol–water partition coefficient (Wildman–Crippen LogP) is 2.40. The van der Waals surface area contributed by atoms with Crippen LogP contribution in [0.1, 0.15) is 20.8 Å². The zero-order valence-electron chi connectivity index (χ0n) is 7.96. The van der Waals surface area contributed by atoms with Gasteiger partial charge in [-0.15, -0.1) is 0 Å². The Hall–Kier alpha value is -1.31. The normalized spacial score (nSPS) is 12.6. The van der Waals surface area contributed by atoms with Gasteiger partial charge in [-0.1, -0.05) is 18.2 Å². The van der Waals surface area contributed by atoms with Gasteiger partial charge in [-0.3, -0.25) is 0 Å². The van der Waals surface area contributed by atoms with Crippen LogP contribution in [0.15, 0.2) is 41.1 Å². The molecular formula is C10H16N2. The zero-order chi connectivity index (χ0) is 9.56. The smallest absolute Gasteiger partial charge is 0.0964 e. The Morgan fingerprint density at radius 1 is 1.25 bits per heavy atom. The van der Waals surface area contributed by atoms with Crippen molar-refractivity contribution in [2.75, 3.05) is 0 Å². The Balaban J connectivity index is 4.56. The van der Waals surface area contributed by atoms with Crippen LogP contribution < -0.4 is 5.73 Å². The van der Waals surface area contributed by atoms with Gasteiger partial charge in [0, 0.05) is 0 Å². The molecule has 0 rings (SSSR count). The highest BCUT2D eigenvalue weighted by Gasteiger charge is 1.85. The van der Waals surface area contributed by atoms with Crippen molar-refractivity contribution in [3.63, 3.8) is 0 Å². The largest absolute Gasteiger partial charge is 0.387 e. The van der Waals surface area contributed by atoms with Crippen LogP contribution in [0.25, 0.3) is 0 Å². The number of allylic oxidation sites excluding steroid dienone is 4. The molecular weight excluding hydrogens is 148 g/mol. The minimum atomic E-state index is 0.545. The highest BCUT2D eigenvalue weighted by molar-refractivity contribution is 5.78. The molecule has 0 aromatic rings. The van der Waals surface area contributed by atoms with E-state index >= 15 is 0 Å². The summed E-state index contributed by atoms with van der Waals surface area (Å²) >= 11 is 0. The second-order valence-electron chi connectivity index (χ2n) is 2.79. The van der Waals surface area contributed by atoms with Crippen LogP contribution in [0, 0.1) is 0 Å². The van der Waals surface area contributed by atoms with Crippen molar-refractivity contribution in [1.29, 1.82) is 0 Å². The second kappa shape index (κ2) is 5.35. The van der Waals surface area contributed by atoms with Gasteiger partial charge in [-0.2, -0.15) is 0 Å². The summed E-state index contributed by atoms with van der Waals surface area (Å²) in [5.74, 6) is 0.545. The van der Waals surface area contributed by atoms with Crippen molar-refractivity contribution in [2.24, 2.45) is 10.7 Å². The lowest BCUT2D eigenvalue weighted by Crippen LogP contribution is -2.04. The Morgan fingerprint density at radius 3 is 2.17 bits per heavy atom. The van der Waals surface area contributed by atoms with Crippen molar-refractivity contribution in [3.05, 3.63) is 36.1 Å². The third-order valence-corrected chi connectivity index (χ3v) is 1.10. The van der Waals surface area contributed by atoms with Gasteiger partial charge < -0.3 is 5.73 Å². The van der Waals surface area contributed by atoms with E-state index in [1.165, 1.54) is 5.57 Å². The van der Waals surface area contributed by atoms with E-state index in [0.717, 1.165) is 5.70 Å². The second-order valence-corrected chi connectivity index (χ2v) is 2.79. The standard InChI is InChI=1S/C10H16N2/c1-5-10(12-9(4)11)7-6-8(2)3/h5-7H,1H2,2-4H3,(H2,11,12)/b10-7+. The molecule has 0 unspecified atom stereocenters. The Bertz CT molecular complexity index is 237. The van der Waals surface area contributed by atoms with Crippen molar-refractivity contribution in [3.8, 4) is 0 Å². The summed E-state index contributed by atoms with van der Waals surface area (Å²) in [6.07, 6.45) is 5.54. The van der Waals surface area contributed by atoms with Gasteiger partial charge in [-0.25, -0.2) is 4.99 Å². The van der Waals surface area contributed by atoms with Crippen molar-refractivity contribution in [2.45, 2.75) is 20.8 Å². The summed E-state index contributed by atoms with van der Waals surface area (Å²) in [4.78, 5) is 4.06. The molecule has 0 aliphatic carbocycles. The van der Waals surface area contributed by atoms with Crippen LogP contribution in [0.2, 0.25) is 0 Å². The van der Waals surface area contributed by atoms with E-state index in [4.69, 9.17) is 5.73 Å². The Morgan fingerprint density at radius 2 is 1.83 bits per heavy atom. The summed E-state index contributed by atoms with van der Waals surface area (Å²) in [5, 5.41) is 0. The lowest BCUT2D eigenvalue weighted by molar-refractivity contribution is 1.34. The molecule has 0 fully saturated rings. The minimum absolute atomic E-state index is 0.545. The summed E-state index contributed by atoms with van der Waals surface area (Å²) in [6.45, 7) is 9.43. The first-order chi connectivity index (χ1) is 5.56. The fraction of sp³-hybridized carbons (Fsp3) is 0.300. The Kier molecular flexibility index (Phi) is 4.77. The lowest BCUT2D eigenvalue weighted by Gasteiger charge is -1.93. The van der Waals surface area contributed by atoms with Gasteiger partial charge in [0.1, 0.15) is 0 Å². The van der Waals surface area contributed by atoms with Gasteiger partial charge in [0.15, 0.2) is 0 Å². The van der Waals surface area contributed by atoms with Crippen LogP contribution in [0.5, 0.6) is 0 Å². The van der Waals surface area contributed by atoms with Crippen LogP contribution in [-0.4, -0.2) is 5.84 Å². The highest BCUT2D eigenvalue weighted by Crippen LogP contribution is 2.00. The van der Waals surface area contributed by atoms with E-state index < -0.39 is 0 Å². The van der Waals surface area contributed by atoms with Crippen molar-refractivity contribution < 1.29 is 0 Å². The molecule has 0 spiro atoms. The predicted molar refractivity (Wildman–Crippen MR) is 55.0 cm³/mol. The molecule has 0 saturated heterocycles. The lowest BCUT2D eigenvalue weighted by atomic mass is 10.3. The molecule has 2 N–H and O–H groups in total. The number of amidine groups is 1. The minimum Gasteiger partial charge on any atom is -0.387 e. The van der Waals surface area contributed by atoms with E-state index in [0.29, 0.717) is 5.84 Å². The van der Waals surface area contributed by atoms with Gasteiger partial charge in [0.25, 0.3) is 0 Å². The van der Waals surface area contributed by atoms with Gasteiger partial charge >= 0.3 is 0 Å². The first kappa shape index (κ1) is 10.7. The molecule has 0 aromatic heterocycles. The molecule has 0 aliphatic rings. The van der Waals surface area contributed by atoms with E-state index in [1.807, 2.05) is 26.0 Å². The SMILES string of the molecule is C=C/C(=C\C=C(C)C)N=C(C)N. The van der Waals surface area contributed by atoms with E-state index in [9.17, 15) is 0 Å². The quantitative estimate of drug-likeness (QED) is 0.388. The topological polar surface area (TPSA) is 38.4 Å². The third-order valence-electron chi connectivity index (χ3n) is 1.10. The number of nitrogens with zero attached hydrogens (tertiary/aromatic N) is 1. The van der Waals surface area contributed by atoms with Crippen LogP contribution in [0.3, 0.4) is 0 Å². The molecule has 0 aromatic carbocycles. The summed E-state index contributed by atoms with van der Waals surface area (Å²) in [5.41, 5.74) is 7.43. The Labute approximate surface area is 74.2 Å². The molecule has 0 saturated carbocycles. The molecule has 0 aliphatic heterocycles. The summed E-state index contributed by atoms with van der Waals surface area (Å²) in [6, 6.07) is 0. The van der Waals surface area contributed by atoms with Crippen molar-refractivity contribution in [1.82, 2.24) is 0 Å². The molecule has 0 amide bonds. The third kappa shape index (κ3) is 5.47. The highest BCUT2D eigenvalue weighted by atomic mass is 14.8. The summed E-state index contributed by atoms with van der Waals surface area (Å²) < 4.78 is 0. The summed E-state index contributed by atoms with van der Waals surface area (Å²) in [7, 11) is 0.